The number of rotatable bonds is 4. The Morgan fingerprint density at radius 2 is 1.88 bits per heavy atom. The number of nitrogens with one attached hydrogen (secondary N) is 1. The Kier molecular flexibility index (Phi) is 4.34. The third kappa shape index (κ3) is 3.22. The van der Waals surface area contributed by atoms with Crippen LogP contribution in [0.2, 0.25) is 5.02 Å². The monoisotopic (exact) mass is 338 g/mol. The second-order valence-corrected chi connectivity index (χ2v) is 7.32. The van der Waals surface area contributed by atoms with Crippen molar-refractivity contribution in [1.82, 2.24) is 9.88 Å². The van der Waals surface area contributed by atoms with Gasteiger partial charge in [-0.05, 0) is 67.8 Å². The summed E-state index contributed by atoms with van der Waals surface area (Å²) in [7, 11) is 0. The Balaban J connectivity index is 1.53. The molecule has 3 heteroatoms. The maximum absolute atomic E-state index is 5.99. The molecule has 0 saturated carbocycles. The number of benzene rings is 2. The molecule has 0 unspecified atom stereocenters. The number of hydrogen-bond donors (Lipinski definition) is 1. The van der Waals surface area contributed by atoms with E-state index in [1.165, 1.54) is 47.1 Å². The summed E-state index contributed by atoms with van der Waals surface area (Å²) in [4.78, 5) is 6.18. The molecule has 1 saturated heterocycles. The van der Waals surface area contributed by atoms with E-state index in [1.54, 1.807) is 0 Å². The summed E-state index contributed by atoms with van der Waals surface area (Å²) >= 11 is 5.99. The number of H-pyrrole nitrogens is 1. The summed E-state index contributed by atoms with van der Waals surface area (Å²) in [5, 5.41) is 2.06. The van der Waals surface area contributed by atoms with Gasteiger partial charge >= 0.3 is 0 Å². The van der Waals surface area contributed by atoms with E-state index in [0.717, 1.165) is 24.0 Å². The number of aromatic nitrogens is 1. The van der Waals surface area contributed by atoms with Gasteiger partial charge in [0.25, 0.3) is 0 Å². The lowest BCUT2D eigenvalue weighted by atomic mass is 10.0. The first-order chi connectivity index (χ1) is 11.7. The number of fused-ring (bicyclic) bond motifs is 1. The molecule has 1 atom stereocenters. The Morgan fingerprint density at radius 3 is 2.62 bits per heavy atom. The predicted molar refractivity (Wildman–Crippen MR) is 103 cm³/mol. The molecule has 4 rings (SSSR count). The van der Waals surface area contributed by atoms with Crippen LogP contribution in [0.15, 0.2) is 48.5 Å². The molecule has 2 heterocycles. The lowest BCUT2D eigenvalue weighted by Gasteiger charge is -2.20. The van der Waals surface area contributed by atoms with E-state index < -0.39 is 0 Å². The molecule has 24 heavy (non-hydrogen) atoms. The van der Waals surface area contributed by atoms with Gasteiger partial charge in [-0.25, -0.2) is 0 Å². The third-order valence-electron chi connectivity index (χ3n) is 5.21. The Bertz CT molecular complexity index is 835. The topological polar surface area (TPSA) is 19.0 Å². The van der Waals surface area contributed by atoms with Gasteiger partial charge < -0.3 is 9.88 Å². The first-order valence-corrected chi connectivity index (χ1v) is 9.18. The van der Waals surface area contributed by atoms with Crippen molar-refractivity contribution in [3.05, 3.63) is 59.2 Å². The summed E-state index contributed by atoms with van der Waals surface area (Å²) in [5.74, 6) is 0. The maximum Gasteiger partial charge on any atom is 0.0456 e. The molecule has 1 aromatic heterocycles. The van der Waals surface area contributed by atoms with Crippen LogP contribution in [0.3, 0.4) is 0 Å². The Morgan fingerprint density at radius 1 is 1.08 bits per heavy atom. The standard InChI is InChI=1S/C21H23ClN2/c1-15-3-2-11-24(15)12-10-20-14-18-13-17(6-9-21(18)23-20)16-4-7-19(22)8-5-16/h4-9,13-15,23H,2-3,10-12H2,1H3/t15-/m1/s1. The van der Waals surface area contributed by atoms with E-state index in [1.807, 2.05) is 12.1 Å². The molecule has 0 spiro atoms. The van der Waals surface area contributed by atoms with Gasteiger partial charge in [-0.1, -0.05) is 29.8 Å². The molecule has 0 radical (unpaired) electrons. The van der Waals surface area contributed by atoms with E-state index in [9.17, 15) is 0 Å². The fourth-order valence-electron chi connectivity index (χ4n) is 3.74. The van der Waals surface area contributed by atoms with E-state index >= 15 is 0 Å². The molecular weight excluding hydrogens is 316 g/mol. The van der Waals surface area contributed by atoms with Gasteiger partial charge in [-0.3, -0.25) is 0 Å². The number of aromatic amines is 1. The van der Waals surface area contributed by atoms with Crippen LogP contribution in [0.25, 0.3) is 22.0 Å². The number of hydrogen-bond acceptors (Lipinski definition) is 1. The molecule has 0 aliphatic carbocycles. The Hall–Kier alpha value is -1.77. The van der Waals surface area contributed by atoms with Gasteiger partial charge in [0.2, 0.25) is 0 Å². The van der Waals surface area contributed by atoms with Crippen LogP contribution in [0.4, 0.5) is 0 Å². The van der Waals surface area contributed by atoms with Crippen molar-refractivity contribution in [3.8, 4) is 11.1 Å². The van der Waals surface area contributed by atoms with Crippen LogP contribution in [0.1, 0.15) is 25.5 Å². The highest BCUT2D eigenvalue weighted by Gasteiger charge is 2.19. The van der Waals surface area contributed by atoms with E-state index in [2.05, 4.69) is 53.2 Å². The van der Waals surface area contributed by atoms with Crippen molar-refractivity contribution in [2.24, 2.45) is 0 Å². The van der Waals surface area contributed by atoms with Crippen LogP contribution in [-0.2, 0) is 6.42 Å². The number of nitrogens with zero attached hydrogens (tertiary/aromatic N) is 1. The highest BCUT2D eigenvalue weighted by molar-refractivity contribution is 6.30. The zero-order chi connectivity index (χ0) is 16.5. The molecule has 2 nitrogen and oxygen atoms in total. The number of likely N-dealkylation sites (tertiary alicyclic amines) is 1. The van der Waals surface area contributed by atoms with Gasteiger partial charge in [0, 0.05) is 40.6 Å². The normalized spacial score (nSPS) is 18.5. The Labute approximate surface area is 148 Å². The van der Waals surface area contributed by atoms with Crippen molar-refractivity contribution in [2.75, 3.05) is 13.1 Å². The lowest BCUT2D eigenvalue weighted by molar-refractivity contribution is 0.271. The molecule has 124 valence electrons. The van der Waals surface area contributed by atoms with E-state index in [-0.39, 0.29) is 0 Å². The summed E-state index contributed by atoms with van der Waals surface area (Å²) in [5.41, 5.74) is 4.99. The van der Waals surface area contributed by atoms with Gasteiger partial charge in [0.15, 0.2) is 0 Å². The van der Waals surface area contributed by atoms with Crippen molar-refractivity contribution >= 4 is 22.5 Å². The molecule has 1 fully saturated rings. The van der Waals surface area contributed by atoms with Gasteiger partial charge in [0.1, 0.15) is 0 Å². The average Bonchev–Trinajstić information content (AvgIpc) is 3.18. The molecular formula is C21H23ClN2. The van der Waals surface area contributed by atoms with Crippen LogP contribution < -0.4 is 0 Å². The SMILES string of the molecule is C[C@@H]1CCCN1CCc1cc2cc(-c3ccc(Cl)cc3)ccc2[nH]1. The smallest absolute Gasteiger partial charge is 0.0456 e. The minimum Gasteiger partial charge on any atom is -0.358 e. The van der Waals surface area contributed by atoms with Gasteiger partial charge in [-0.2, -0.15) is 0 Å². The molecule has 1 aliphatic heterocycles. The summed E-state index contributed by atoms with van der Waals surface area (Å²) in [6, 6.07) is 17.7. The minimum absolute atomic E-state index is 0.742. The van der Waals surface area contributed by atoms with E-state index in [4.69, 9.17) is 11.6 Å². The van der Waals surface area contributed by atoms with Crippen LogP contribution in [0.5, 0.6) is 0 Å². The maximum atomic E-state index is 5.99. The zero-order valence-corrected chi connectivity index (χ0v) is 14.8. The molecule has 1 N–H and O–H groups in total. The minimum atomic E-state index is 0.742. The van der Waals surface area contributed by atoms with Crippen molar-refractivity contribution in [1.29, 1.82) is 0 Å². The third-order valence-corrected chi connectivity index (χ3v) is 5.46. The zero-order valence-electron chi connectivity index (χ0n) is 14.1. The lowest BCUT2D eigenvalue weighted by Crippen LogP contribution is -2.29. The van der Waals surface area contributed by atoms with Crippen LogP contribution in [-0.4, -0.2) is 29.0 Å². The first-order valence-electron chi connectivity index (χ1n) is 8.81. The van der Waals surface area contributed by atoms with Gasteiger partial charge in [0.05, 0.1) is 0 Å². The quantitative estimate of drug-likeness (QED) is 0.664. The summed E-state index contributed by atoms with van der Waals surface area (Å²) in [6.07, 6.45) is 3.78. The predicted octanol–water partition coefficient (Wildman–Crippen LogP) is 5.52. The van der Waals surface area contributed by atoms with Crippen LogP contribution in [0, 0.1) is 0 Å². The number of halogens is 1. The molecule has 2 aromatic carbocycles. The van der Waals surface area contributed by atoms with E-state index in [0.29, 0.717) is 0 Å². The molecule has 3 aromatic rings. The fourth-order valence-corrected chi connectivity index (χ4v) is 3.86. The second-order valence-electron chi connectivity index (χ2n) is 6.88. The summed E-state index contributed by atoms with van der Waals surface area (Å²) in [6.45, 7) is 4.75. The average molecular weight is 339 g/mol. The highest BCUT2D eigenvalue weighted by atomic mass is 35.5. The van der Waals surface area contributed by atoms with Crippen molar-refractivity contribution < 1.29 is 0 Å². The largest absolute Gasteiger partial charge is 0.358 e. The summed E-state index contributed by atoms with van der Waals surface area (Å²) < 4.78 is 0. The van der Waals surface area contributed by atoms with Crippen molar-refractivity contribution in [2.45, 2.75) is 32.2 Å². The van der Waals surface area contributed by atoms with Crippen molar-refractivity contribution in [3.63, 3.8) is 0 Å². The molecule has 0 amide bonds. The van der Waals surface area contributed by atoms with Gasteiger partial charge in [-0.15, -0.1) is 0 Å². The first kappa shape index (κ1) is 15.7. The fraction of sp³-hybridized carbons (Fsp3) is 0.333. The molecule has 0 bridgehead atoms. The molecule has 1 aliphatic rings. The highest BCUT2D eigenvalue weighted by Crippen LogP contribution is 2.26. The second kappa shape index (κ2) is 6.62. The van der Waals surface area contributed by atoms with Crippen LogP contribution >= 0.6 is 11.6 Å².